The maximum absolute atomic E-state index is 14.0. The molecule has 0 saturated carbocycles. The van der Waals surface area contributed by atoms with Gasteiger partial charge in [-0.2, -0.15) is 8.42 Å². The molecule has 0 aromatic heterocycles. The van der Waals surface area contributed by atoms with Crippen molar-refractivity contribution in [3.05, 3.63) is 89.4 Å². The first-order valence-electron chi connectivity index (χ1n) is 9.85. The fourth-order valence-corrected chi connectivity index (χ4v) is 4.01. The van der Waals surface area contributed by atoms with E-state index in [2.05, 4.69) is 4.99 Å². The maximum Gasteiger partial charge on any atom is 0.363 e. The van der Waals surface area contributed by atoms with Gasteiger partial charge in [0.2, 0.25) is 5.90 Å². The molecule has 0 spiro atoms. The normalized spacial score (nSPS) is 14.5. The first-order chi connectivity index (χ1) is 16.3. The van der Waals surface area contributed by atoms with E-state index in [1.165, 1.54) is 81.0 Å². The lowest BCUT2D eigenvalue weighted by Gasteiger charge is -2.11. The van der Waals surface area contributed by atoms with Crippen LogP contribution in [-0.2, 0) is 19.6 Å². The Labute approximate surface area is 195 Å². The zero-order valence-corrected chi connectivity index (χ0v) is 18.8. The summed E-state index contributed by atoms with van der Waals surface area (Å²) in [6.45, 7) is 0. The summed E-state index contributed by atoms with van der Waals surface area (Å²) in [5.41, 5.74) is 0.459. The van der Waals surface area contributed by atoms with Crippen LogP contribution in [-0.4, -0.2) is 34.5 Å². The molecule has 0 unspecified atom stereocenters. The van der Waals surface area contributed by atoms with E-state index in [-0.39, 0.29) is 33.6 Å². The van der Waals surface area contributed by atoms with Gasteiger partial charge in [0.05, 0.1) is 19.8 Å². The number of hydrogen-bond acceptors (Lipinski definition) is 8. The lowest BCUT2D eigenvalue weighted by atomic mass is 10.1. The number of aliphatic imine (C=N–C) groups is 1. The van der Waals surface area contributed by atoms with Gasteiger partial charge in [-0.3, -0.25) is 0 Å². The number of cyclic esters (lactones) is 1. The number of nitrogens with zero attached hydrogens (tertiary/aromatic N) is 1. The fraction of sp³-hybridized carbons (Fsp3) is 0.0833. The summed E-state index contributed by atoms with van der Waals surface area (Å²) < 4.78 is 59.9. The SMILES string of the molecule is COc1ccc(S(=O)(=O)Oc2ccc(/C=C3/N=C(c4ccccc4F)OC3=O)cc2OC)cc1. The van der Waals surface area contributed by atoms with Crippen molar-refractivity contribution in [3.8, 4) is 17.2 Å². The maximum atomic E-state index is 14.0. The Morgan fingerprint density at radius 1 is 0.941 bits per heavy atom. The van der Waals surface area contributed by atoms with Crippen molar-refractivity contribution in [1.82, 2.24) is 0 Å². The molecule has 4 rings (SSSR count). The highest BCUT2D eigenvalue weighted by Gasteiger charge is 2.26. The molecule has 1 heterocycles. The highest BCUT2D eigenvalue weighted by Crippen LogP contribution is 2.32. The Kier molecular flexibility index (Phi) is 6.33. The third kappa shape index (κ3) is 4.76. The molecular formula is C24H18FNO7S. The van der Waals surface area contributed by atoms with Crippen molar-refractivity contribution in [2.24, 2.45) is 4.99 Å². The third-order valence-corrected chi connectivity index (χ3v) is 6.01. The standard InChI is InChI=1S/C24H18FNO7S/c1-30-16-8-10-17(11-9-16)34(28,29)33-21-12-7-15(14-22(21)31-2)13-20-24(27)32-23(26-20)18-5-3-4-6-19(18)25/h3-14H,1-2H3/b20-13+. The van der Waals surface area contributed by atoms with E-state index in [1.807, 2.05) is 0 Å². The van der Waals surface area contributed by atoms with E-state index in [1.54, 1.807) is 6.07 Å². The van der Waals surface area contributed by atoms with Crippen LogP contribution in [0, 0.1) is 5.82 Å². The van der Waals surface area contributed by atoms with Gasteiger partial charge >= 0.3 is 16.1 Å². The van der Waals surface area contributed by atoms with Gasteiger partial charge in [-0.25, -0.2) is 14.2 Å². The molecule has 0 atom stereocenters. The highest BCUT2D eigenvalue weighted by molar-refractivity contribution is 7.87. The third-order valence-electron chi connectivity index (χ3n) is 4.76. The summed E-state index contributed by atoms with van der Waals surface area (Å²) in [5, 5.41) is 0. The van der Waals surface area contributed by atoms with Crippen molar-refractivity contribution in [2.75, 3.05) is 14.2 Å². The number of rotatable bonds is 7. The summed E-state index contributed by atoms with van der Waals surface area (Å²) in [5.74, 6) is -0.913. The second-order valence-electron chi connectivity index (χ2n) is 6.94. The molecule has 34 heavy (non-hydrogen) atoms. The monoisotopic (exact) mass is 483 g/mol. The zero-order valence-electron chi connectivity index (χ0n) is 18.0. The predicted molar refractivity (Wildman–Crippen MR) is 121 cm³/mol. The Bertz CT molecular complexity index is 1410. The van der Waals surface area contributed by atoms with E-state index in [4.69, 9.17) is 18.4 Å². The minimum atomic E-state index is -4.14. The second kappa shape index (κ2) is 9.36. The molecule has 0 fully saturated rings. The Balaban J connectivity index is 1.60. The van der Waals surface area contributed by atoms with Gasteiger partial charge in [0.25, 0.3) is 0 Å². The van der Waals surface area contributed by atoms with E-state index >= 15 is 0 Å². The first-order valence-corrected chi connectivity index (χ1v) is 11.3. The number of hydrogen-bond donors (Lipinski definition) is 0. The lowest BCUT2D eigenvalue weighted by molar-refractivity contribution is -0.129. The van der Waals surface area contributed by atoms with Crippen LogP contribution < -0.4 is 13.7 Å². The van der Waals surface area contributed by atoms with Gasteiger partial charge in [0.1, 0.15) is 16.5 Å². The van der Waals surface area contributed by atoms with Crippen LogP contribution in [0.1, 0.15) is 11.1 Å². The molecular weight excluding hydrogens is 465 g/mol. The van der Waals surface area contributed by atoms with E-state index in [0.29, 0.717) is 11.3 Å². The number of halogens is 1. The van der Waals surface area contributed by atoms with Crippen LogP contribution in [0.3, 0.4) is 0 Å². The molecule has 8 nitrogen and oxygen atoms in total. The van der Waals surface area contributed by atoms with E-state index < -0.39 is 21.9 Å². The summed E-state index contributed by atoms with van der Waals surface area (Å²) >= 11 is 0. The molecule has 10 heteroatoms. The molecule has 0 N–H and O–H groups in total. The molecule has 3 aromatic rings. The topological polar surface area (TPSA) is 100 Å². The second-order valence-corrected chi connectivity index (χ2v) is 8.49. The Morgan fingerprint density at radius 2 is 1.68 bits per heavy atom. The summed E-state index contributed by atoms with van der Waals surface area (Å²) in [4.78, 5) is 16.2. The van der Waals surface area contributed by atoms with Crippen LogP contribution in [0.5, 0.6) is 17.2 Å². The van der Waals surface area contributed by atoms with Crippen LogP contribution in [0.2, 0.25) is 0 Å². The van der Waals surface area contributed by atoms with Crippen LogP contribution in [0.15, 0.2) is 82.3 Å². The Morgan fingerprint density at radius 3 is 2.35 bits per heavy atom. The molecule has 1 aliphatic rings. The average Bonchev–Trinajstić information content (AvgIpc) is 3.19. The largest absolute Gasteiger partial charge is 0.497 e. The van der Waals surface area contributed by atoms with Crippen LogP contribution in [0.25, 0.3) is 6.08 Å². The zero-order chi connectivity index (χ0) is 24.3. The van der Waals surface area contributed by atoms with E-state index in [9.17, 15) is 17.6 Å². The Hall–Kier alpha value is -4.18. The number of carbonyl (C=O) groups excluding carboxylic acids is 1. The number of carbonyl (C=O) groups is 1. The average molecular weight is 483 g/mol. The minimum Gasteiger partial charge on any atom is -0.497 e. The lowest BCUT2D eigenvalue weighted by Crippen LogP contribution is -2.10. The quantitative estimate of drug-likeness (QED) is 0.285. The number of esters is 1. The molecule has 1 aliphatic heterocycles. The number of methoxy groups -OCH3 is 2. The molecule has 0 aliphatic carbocycles. The number of benzene rings is 3. The molecule has 3 aromatic carbocycles. The molecule has 174 valence electrons. The summed E-state index contributed by atoms with van der Waals surface area (Å²) in [7, 11) is -1.32. The summed E-state index contributed by atoms with van der Waals surface area (Å²) in [6, 6.07) is 15.9. The highest BCUT2D eigenvalue weighted by atomic mass is 32.2. The van der Waals surface area contributed by atoms with Crippen molar-refractivity contribution in [2.45, 2.75) is 4.90 Å². The predicted octanol–water partition coefficient (Wildman–Crippen LogP) is 3.96. The van der Waals surface area contributed by atoms with Gasteiger partial charge in [0.15, 0.2) is 17.2 Å². The van der Waals surface area contributed by atoms with Gasteiger partial charge in [-0.05, 0) is 60.2 Å². The molecule has 0 radical (unpaired) electrons. The minimum absolute atomic E-state index is 0.0509. The van der Waals surface area contributed by atoms with Crippen molar-refractivity contribution < 1.29 is 36.0 Å². The van der Waals surface area contributed by atoms with Crippen molar-refractivity contribution in [3.63, 3.8) is 0 Å². The smallest absolute Gasteiger partial charge is 0.363 e. The molecule has 0 bridgehead atoms. The van der Waals surface area contributed by atoms with Crippen molar-refractivity contribution in [1.29, 1.82) is 0 Å². The van der Waals surface area contributed by atoms with Crippen LogP contribution >= 0.6 is 0 Å². The van der Waals surface area contributed by atoms with Gasteiger partial charge in [-0.1, -0.05) is 18.2 Å². The van der Waals surface area contributed by atoms with Crippen molar-refractivity contribution >= 4 is 28.1 Å². The fourth-order valence-electron chi connectivity index (χ4n) is 3.07. The first kappa shape index (κ1) is 23.0. The number of ether oxygens (including phenoxy) is 3. The van der Waals surface area contributed by atoms with Crippen LogP contribution in [0.4, 0.5) is 4.39 Å². The van der Waals surface area contributed by atoms with E-state index in [0.717, 1.165) is 0 Å². The van der Waals surface area contributed by atoms with Gasteiger partial charge in [-0.15, -0.1) is 0 Å². The van der Waals surface area contributed by atoms with Gasteiger partial charge in [0, 0.05) is 0 Å². The molecule has 0 saturated heterocycles. The summed E-state index contributed by atoms with van der Waals surface area (Å²) in [6.07, 6.45) is 1.40. The molecule has 0 amide bonds. The van der Waals surface area contributed by atoms with Gasteiger partial charge < -0.3 is 18.4 Å².